The van der Waals surface area contributed by atoms with E-state index in [1.54, 1.807) is 38.1 Å². The number of amides is 1. The molecule has 9 nitrogen and oxygen atoms in total. The number of hydrogen-bond acceptors (Lipinski definition) is 7. The molecule has 0 bridgehead atoms. The molecule has 1 amide bonds. The third-order valence-electron chi connectivity index (χ3n) is 7.89. The van der Waals surface area contributed by atoms with Gasteiger partial charge in [-0.1, -0.05) is 59.6 Å². The smallest absolute Gasteiger partial charge is 0.335 e. The molecule has 0 aliphatic carbocycles. The summed E-state index contributed by atoms with van der Waals surface area (Å²) in [6.45, 7) is 3.57. The minimum Gasteiger partial charge on any atom is -0.463 e. The molecular formula is C31H34BrClF4N6O3. The Balaban J connectivity index is 1.83. The fraction of sp³-hybridized carbons (Fsp3) is 0.452. The highest BCUT2D eigenvalue weighted by Gasteiger charge is 2.54. The number of carbonyl (C=O) groups is 2. The van der Waals surface area contributed by atoms with Gasteiger partial charge in [0.25, 0.3) is 5.91 Å². The van der Waals surface area contributed by atoms with E-state index in [-0.39, 0.29) is 40.8 Å². The first-order chi connectivity index (χ1) is 21.4. The zero-order chi connectivity index (χ0) is 34.2. The molecule has 2 N–H and O–H groups in total. The van der Waals surface area contributed by atoms with Crippen LogP contribution in [0.2, 0.25) is 5.02 Å². The first-order valence-electron chi connectivity index (χ1n) is 14.3. The summed E-state index contributed by atoms with van der Waals surface area (Å²) >= 11 is 9.77. The third-order valence-corrected chi connectivity index (χ3v) is 8.75. The first kappa shape index (κ1) is 35.3. The van der Waals surface area contributed by atoms with E-state index in [0.29, 0.717) is 14.7 Å². The molecule has 0 saturated heterocycles. The molecule has 2 aromatic carbocycles. The van der Waals surface area contributed by atoms with E-state index >= 15 is 4.39 Å². The van der Waals surface area contributed by atoms with E-state index in [2.05, 4.69) is 31.0 Å². The molecule has 1 aliphatic heterocycles. The Hall–Kier alpha value is -3.52. The van der Waals surface area contributed by atoms with Crippen LogP contribution in [0.5, 0.6) is 0 Å². The number of halogens is 6. The maximum atomic E-state index is 15.4. The van der Waals surface area contributed by atoms with Crippen LogP contribution in [0.1, 0.15) is 71.2 Å². The topological polar surface area (TPSA) is 116 Å². The van der Waals surface area contributed by atoms with Gasteiger partial charge in [-0.05, 0) is 56.2 Å². The monoisotopic (exact) mass is 728 g/mol. The van der Waals surface area contributed by atoms with E-state index in [1.807, 2.05) is 0 Å². The average Bonchev–Trinajstić information content (AvgIpc) is 3.52. The van der Waals surface area contributed by atoms with Gasteiger partial charge in [0, 0.05) is 21.9 Å². The largest absolute Gasteiger partial charge is 0.463 e. The number of esters is 1. The second-order valence-corrected chi connectivity index (χ2v) is 13.8. The highest BCUT2D eigenvalue weighted by molar-refractivity contribution is 9.10. The number of aromatic nitrogens is 3. The normalized spacial score (nSPS) is 18.6. The molecule has 0 radical (unpaired) electrons. The van der Waals surface area contributed by atoms with Gasteiger partial charge in [0.15, 0.2) is 17.3 Å². The van der Waals surface area contributed by atoms with Gasteiger partial charge in [-0.25, -0.2) is 18.8 Å². The number of rotatable bonds is 12. The van der Waals surface area contributed by atoms with Crippen molar-refractivity contribution >= 4 is 45.4 Å². The lowest BCUT2D eigenvalue weighted by molar-refractivity contribution is -0.150. The lowest BCUT2D eigenvalue weighted by atomic mass is 9.81. The molecule has 1 aliphatic rings. The predicted molar refractivity (Wildman–Crippen MR) is 168 cm³/mol. The Labute approximate surface area is 277 Å². The van der Waals surface area contributed by atoms with Gasteiger partial charge in [-0.15, -0.1) is 0 Å². The molecule has 3 atom stereocenters. The zero-order valence-electron chi connectivity index (χ0n) is 25.8. The maximum Gasteiger partial charge on any atom is 0.335 e. The third kappa shape index (κ3) is 7.38. The SMILES string of the molecule is CC(F)C(C)(C)CC(=O)OC[C@H](c1ccc(Cl)c(-c2ncnn2C(F)F)c1)N1C(=O)[C@@](CC(C)(C)F)(c2ccc(Br)cc2)N=C1N. The van der Waals surface area contributed by atoms with Crippen LogP contribution in [-0.2, 0) is 19.9 Å². The highest BCUT2D eigenvalue weighted by atomic mass is 79.9. The van der Waals surface area contributed by atoms with Crippen LogP contribution < -0.4 is 5.73 Å². The highest BCUT2D eigenvalue weighted by Crippen LogP contribution is 2.44. The van der Waals surface area contributed by atoms with Gasteiger partial charge in [0.2, 0.25) is 0 Å². The fourth-order valence-corrected chi connectivity index (χ4v) is 5.67. The number of hydrogen-bond donors (Lipinski definition) is 1. The van der Waals surface area contributed by atoms with Crippen LogP contribution in [0.15, 0.2) is 58.3 Å². The molecule has 46 heavy (non-hydrogen) atoms. The molecule has 15 heteroatoms. The van der Waals surface area contributed by atoms with E-state index < -0.39 is 53.9 Å². The van der Waals surface area contributed by atoms with Crippen molar-refractivity contribution in [3.05, 3.63) is 69.4 Å². The number of aliphatic imine (C=N–C) groups is 1. The molecule has 0 saturated carbocycles. The molecule has 0 fully saturated rings. The summed E-state index contributed by atoms with van der Waals surface area (Å²) in [5.74, 6) is -2.00. The minimum atomic E-state index is -3.03. The van der Waals surface area contributed by atoms with E-state index in [9.17, 15) is 22.8 Å². The van der Waals surface area contributed by atoms with Crippen LogP contribution in [0, 0.1) is 5.41 Å². The van der Waals surface area contributed by atoms with Crippen molar-refractivity contribution in [2.75, 3.05) is 6.61 Å². The predicted octanol–water partition coefficient (Wildman–Crippen LogP) is 7.31. The van der Waals surface area contributed by atoms with Crippen LogP contribution in [0.25, 0.3) is 11.4 Å². The molecular weight excluding hydrogens is 696 g/mol. The van der Waals surface area contributed by atoms with Gasteiger partial charge in [0.05, 0.1) is 17.5 Å². The van der Waals surface area contributed by atoms with E-state index in [4.69, 9.17) is 22.1 Å². The molecule has 3 aromatic rings. The van der Waals surface area contributed by atoms with Crippen molar-refractivity contribution in [2.45, 2.75) is 77.4 Å². The number of carbonyl (C=O) groups excluding carboxylic acids is 2. The summed E-state index contributed by atoms with van der Waals surface area (Å²) in [5.41, 5.74) is 2.38. The Bertz CT molecular complexity index is 1630. The summed E-state index contributed by atoms with van der Waals surface area (Å²) in [5, 5.41) is 3.61. The van der Waals surface area contributed by atoms with Crippen molar-refractivity contribution < 1.29 is 31.9 Å². The van der Waals surface area contributed by atoms with Gasteiger partial charge in [0.1, 0.15) is 24.8 Å². The lowest BCUT2D eigenvalue weighted by Crippen LogP contribution is -2.48. The molecule has 1 aromatic heterocycles. The minimum absolute atomic E-state index is 0.0471. The lowest BCUT2D eigenvalue weighted by Gasteiger charge is -2.34. The molecule has 1 unspecified atom stereocenters. The summed E-state index contributed by atoms with van der Waals surface area (Å²) in [7, 11) is 0. The second-order valence-electron chi connectivity index (χ2n) is 12.4. The Kier molecular flexibility index (Phi) is 10.2. The number of guanidine groups is 1. The first-order valence-corrected chi connectivity index (χ1v) is 15.4. The molecule has 248 valence electrons. The van der Waals surface area contributed by atoms with Crippen molar-refractivity contribution in [2.24, 2.45) is 16.1 Å². The number of nitrogens with zero attached hydrogens (tertiary/aromatic N) is 5. The summed E-state index contributed by atoms with van der Waals surface area (Å²) in [6, 6.07) is 9.73. The molecule has 4 rings (SSSR count). The molecule has 0 spiro atoms. The van der Waals surface area contributed by atoms with Gasteiger partial charge < -0.3 is 10.5 Å². The fourth-order valence-electron chi connectivity index (χ4n) is 5.20. The Morgan fingerprint density at radius 3 is 2.37 bits per heavy atom. The van der Waals surface area contributed by atoms with Crippen LogP contribution >= 0.6 is 27.5 Å². The number of ether oxygens (including phenoxy) is 1. The van der Waals surface area contributed by atoms with E-state index in [0.717, 1.165) is 11.2 Å². The Morgan fingerprint density at radius 2 is 1.78 bits per heavy atom. The second kappa shape index (κ2) is 13.3. The quantitative estimate of drug-likeness (QED) is 0.155. The standard InChI is InChI=1S/C31H34BrClF4N6O3/c1-17(34)29(2,3)13-24(44)46-14-23(18-6-11-22(33)21(12-18)25-39-16-40-43(25)27(35)36)42-26(45)31(41-28(42)38,15-30(4,5)37)19-7-9-20(32)10-8-19/h6-12,16-17,23,27H,13-15H2,1-5H3,(H2,38,41)/t17?,23-,31-/m1/s1. The number of nitrogens with two attached hydrogens (primary N) is 1. The van der Waals surface area contributed by atoms with Gasteiger partial charge >= 0.3 is 12.5 Å². The van der Waals surface area contributed by atoms with Crippen LogP contribution in [0.3, 0.4) is 0 Å². The summed E-state index contributed by atoms with van der Waals surface area (Å²) in [6.07, 6.45) is -1.05. The number of benzene rings is 2. The average molecular weight is 730 g/mol. The Morgan fingerprint density at radius 1 is 1.13 bits per heavy atom. The summed E-state index contributed by atoms with van der Waals surface area (Å²) < 4.78 is 63.6. The van der Waals surface area contributed by atoms with Crippen LogP contribution in [0.4, 0.5) is 17.6 Å². The van der Waals surface area contributed by atoms with Gasteiger partial charge in [-0.2, -0.15) is 18.6 Å². The van der Waals surface area contributed by atoms with E-state index in [1.165, 1.54) is 39.0 Å². The maximum absolute atomic E-state index is 15.4. The van der Waals surface area contributed by atoms with Crippen LogP contribution in [-0.4, -0.2) is 55.9 Å². The van der Waals surface area contributed by atoms with Crippen molar-refractivity contribution in [1.29, 1.82) is 0 Å². The number of alkyl halides is 4. The molecule has 2 heterocycles. The van der Waals surface area contributed by atoms with Crippen molar-refractivity contribution in [1.82, 2.24) is 19.7 Å². The zero-order valence-corrected chi connectivity index (χ0v) is 28.1. The van der Waals surface area contributed by atoms with Crippen molar-refractivity contribution in [3.63, 3.8) is 0 Å². The summed E-state index contributed by atoms with van der Waals surface area (Å²) in [4.78, 5) is 37.0. The van der Waals surface area contributed by atoms with Gasteiger partial charge in [-0.3, -0.25) is 14.5 Å². The van der Waals surface area contributed by atoms with Crippen molar-refractivity contribution in [3.8, 4) is 11.4 Å².